The van der Waals surface area contributed by atoms with Crippen molar-refractivity contribution in [2.45, 2.75) is 18.9 Å². The Morgan fingerprint density at radius 3 is 3.00 bits per heavy atom. The number of amides is 1. The summed E-state index contributed by atoms with van der Waals surface area (Å²) < 4.78 is 0. The minimum Gasteiger partial charge on any atom is -0.478 e. The van der Waals surface area contributed by atoms with Gasteiger partial charge in [0, 0.05) is 13.1 Å². The Morgan fingerprint density at radius 2 is 2.25 bits per heavy atom. The first-order valence-corrected chi connectivity index (χ1v) is 7.03. The lowest BCUT2D eigenvalue weighted by Crippen LogP contribution is -2.46. The lowest BCUT2D eigenvalue weighted by molar-refractivity contribution is -0.122. The molecule has 6 heteroatoms. The Hall–Kier alpha value is -1.75. The van der Waals surface area contributed by atoms with Gasteiger partial charge in [0.25, 0.3) is 0 Å². The van der Waals surface area contributed by atoms with Gasteiger partial charge in [0.05, 0.1) is 28.2 Å². The highest BCUT2D eigenvalue weighted by atomic mass is 35.5. The largest absolute Gasteiger partial charge is 0.478 e. The Morgan fingerprint density at radius 1 is 1.45 bits per heavy atom. The number of rotatable bonds is 2. The van der Waals surface area contributed by atoms with Crippen molar-refractivity contribution in [3.63, 3.8) is 0 Å². The predicted octanol–water partition coefficient (Wildman–Crippen LogP) is 1.75. The minimum atomic E-state index is -0.998. The molecule has 2 fully saturated rings. The van der Waals surface area contributed by atoms with E-state index in [1.54, 1.807) is 18.2 Å². The van der Waals surface area contributed by atoms with Crippen LogP contribution in [-0.4, -0.2) is 36.1 Å². The quantitative estimate of drug-likeness (QED) is 0.872. The van der Waals surface area contributed by atoms with Crippen LogP contribution >= 0.6 is 11.6 Å². The van der Waals surface area contributed by atoms with Crippen LogP contribution in [0.5, 0.6) is 0 Å². The van der Waals surface area contributed by atoms with E-state index in [0.717, 1.165) is 19.4 Å². The summed E-state index contributed by atoms with van der Waals surface area (Å²) in [4.78, 5) is 25.2. The van der Waals surface area contributed by atoms with E-state index >= 15 is 0 Å². The zero-order valence-electron chi connectivity index (χ0n) is 10.8. The summed E-state index contributed by atoms with van der Waals surface area (Å²) in [5, 5.41) is 12.6. The van der Waals surface area contributed by atoms with Gasteiger partial charge in [-0.1, -0.05) is 17.7 Å². The van der Waals surface area contributed by atoms with Gasteiger partial charge in [0.15, 0.2) is 0 Å². The van der Waals surface area contributed by atoms with Crippen molar-refractivity contribution in [3.05, 3.63) is 28.8 Å². The van der Waals surface area contributed by atoms with Crippen molar-refractivity contribution in [2.24, 2.45) is 5.92 Å². The topological polar surface area (TPSA) is 69.6 Å². The molecule has 2 aliphatic rings. The highest BCUT2D eigenvalue weighted by Gasteiger charge is 2.42. The highest BCUT2D eigenvalue weighted by Crippen LogP contribution is 2.37. The number of halogens is 1. The molecular weight excluding hydrogens is 280 g/mol. The van der Waals surface area contributed by atoms with E-state index in [-0.39, 0.29) is 23.4 Å². The van der Waals surface area contributed by atoms with Gasteiger partial charge in [0.2, 0.25) is 5.91 Å². The van der Waals surface area contributed by atoms with E-state index in [2.05, 4.69) is 5.32 Å². The van der Waals surface area contributed by atoms with Crippen molar-refractivity contribution in [3.8, 4) is 0 Å². The molecule has 2 unspecified atom stereocenters. The Balaban J connectivity index is 2.04. The molecule has 0 aromatic heterocycles. The van der Waals surface area contributed by atoms with Gasteiger partial charge in [-0.15, -0.1) is 0 Å². The van der Waals surface area contributed by atoms with Crippen molar-refractivity contribution >= 4 is 29.2 Å². The summed E-state index contributed by atoms with van der Waals surface area (Å²) >= 11 is 6.22. The SMILES string of the molecule is O=C(O)c1cccc(Cl)c1N1CCCC2C(=O)NCC21. The number of para-hydroxylation sites is 1. The number of hydrogen-bond acceptors (Lipinski definition) is 3. The lowest BCUT2D eigenvalue weighted by Gasteiger charge is -2.38. The molecular formula is C14H15ClN2O3. The molecule has 2 saturated heterocycles. The van der Waals surface area contributed by atoms with Crippen LogP contribution < -0.4 is 10.2 Å². The zero-order chi connectivity index (χ0) is 14.3. The van der Waals surface area contributed by atoms with E-state index in [0.29, 0.717) is 17.3 Å². The van der Waals surface area contributed by atoms with E-state index in [1.165, 1.54) is 0 Å². The monoisotopic (exact) mass is 294 g/mol. The average Bonchev–Trinajstić information content (AvgIpc) is 2.80. The van der Waals surface area contributed by atoms with Gasteiger partial charge in [-0.3, -0.25) is 4.79 Å². The summed E-state index contributed by atoms with van der Waals surface area (Å²) in [5.74, 6) is -1.01. The molecule has 5 nitrogen and oxygen atoms in total. The number of carbonyl (C=O) groups excluding carboxylic acids is 1. The maximum absolute atomic E-state index is 11.8. The number of piperidine rings is 1. The molecule has 3 rings (SSSR count). The molecule has 1 aromatic carbocycles. The number of aromatic carboxylic acids is 1. The number of anilines is 1. The summed E-state index contributed by atoms with van der Waals surface area (Å²) in [7, 11) is 0. The molecule has 1 aromatic rings. The molecule has 20 heavy (non-hydrogen) atoms. The lowest BCUT2D eigenvalue weighted by atomic mass is 9.90. The fourth-order valence-electron chi connectivity index (χ4n) is 3.21. The number of benzene rings is 1. The van der Waals surface area contributed by atoms with Crippen LogP contribution in [0.1, 0.15) is 23.2 Å². The number of carboxylic acid groups (broad SMARTS) is 1. The molecule has 106 valence electrons. The number of carbonyl (C=O) groups is 2. The normalized spacial score (nSPS) is 25.2. The third kappa shape index (κ3) is 2.02. The van der Waals surface area contributed by atoms with Gasteiger partial charge in [0.1, 0.15) is 0 Å². The van der Waals surface area contributed by atoms with Gasteiger partial charge in [-0.05, 0) is 25.0 Å². The predicted molar refractivity (Wildman–Crippen MR) is 75.3 cm³/mol. The third-order valence-corrected chi connectivity index (χ3v) is 4.41. The first kappa shape index (κ1) is 13.2. The fraction of sp³-hybridized carbons (Fsp3) is 0.429. The van der Waals surface area contributed by atoms with Crippen molar-refractivity contribution < 1.29 is 14.7 Å². The second-order valence-corrected chi connectivity index (χ2v) is 5.60. The summed E-state index contributed by atoms with van der Waals surface area (Å²) in [6.07, 6.45) is 1.71. The number of nitrogens with one attached hydrogen (secondary N) is 1. The molecule has 0 saturated carbocycles. The standard InChI is InChI=1S/C14H15ClN2O3/c15-10-5-1-3-9(14(19)20)12(10)17-6-2-4-8-11(17)7-16-13(8)18/h1,3,5,8,11H,2,4,6-7H2,(H,16,18)(H,19,20). The average molecular weight is 295 g/mol. The molecule has 1 amide bonds. The van der Waals surface area contributed by atoms with Crippen LogP contribution in [0.2, 0.25) is 5.02 Å². The maximum atomic E-state index is 11.8. The molecule has 0 bridgehead atoms. The van der Waals surface area contributed by atoms with Crippen LogP contribution in [0.3, 0.4) is 0 Å². The Kier molecular flexibility index (Phi) is 3.30. The van der Waals surface area contributed by atoms with E-state index < -0.39 is 5.97 Å². The number of nitrogens with zero attached hydrogens (tertiary/aromatic N) is 1. The Bertz CT molecular complexity index is 576. The van der Waals surface area contributed by atoms with Crippen molar-refractivity contribution in [1.82, 2.24) is 5.32 Å². The molecule has 0 aliphatic carbocycles. The molecule has 0 spiro atoms. The van der Waals surface area contributed by atoms with E-state index in [1.807, 2.05) is 4.90 Å². The summed E-state index contributed by atoms with van der Waals surface area (Å²) in [6.45, 7) is 1.27. The first-order valence-electron chi connectivity index (χ1n) is 6.65. The number of fused-ring (bicyclic) bond motifs is 1. The molecule has 2 N–H and O–H groups in total. The van der Waals surface area contributed by atoms with Crippen molar-refractivity contribution in [1.29, 1.82) is 0 Å². The van der Waals surface area contributed by atoms with Crippen LogP contribution in [0.4, 0.5) is 5.69 Å². The van der Waals surface area contributed by atoms with Crippen LogP contribution in [0, 0.1) is 5.92 Å². The smallest absolute Gasteiger partial charge is 0.337 e. The maximum Gasteiger partial charge on any atom is 0.337 e. The molecule has 2 heterocycles. The van der Waals surface area contributed by atoms with Crippen LogP contribution in [0.15, 0.2) is 18.2 Å². The van der Waals surface area contributed by atoms with Gasteiger partial charge in [-0.2, -0.15) is 0 Å². The van der Waals surface area contributed by atoms with Gasteiger partial charge < -0.3 is 15.3 Å². The summed E-state index contributed by atoms with van der Waals surface area (Å²) in [5.41, 5.74) is 0.727. The molecule has 2 aliphatic heterocycles. The highest BCUT2D eigenvalue weighted by molar-refractivity contribution is 6.34. The van der Waals surface area contributed by atoms with E-state index in [9.17, 15) is 14.7 Å². The summed E-state index contributed by atoms with van der Waals surface area (Å²) in [6, 6.07) is 4.87. The zero-order valence-corrected chi connectivity index (χ0v) is 11.6. The number of hydrogen-bond donors (Lipinski definition) is 2. The van der Waals surface area contributed by atoms with Gasteiger partial charge in [-0.25, -0.2) is 4.79 Å². The van der Waals surface area contributed by atoms with Crippen molar-refractivity contribution in [2.75, 3.05) is 18.0 Å². The fourth-order valence-corrected chi connectivity index (χ4v) is 3.49. The van der Waals surface area contributed by atoms with Crippen LogP contribution in [-0.2, 0) is 4.79 Å². The third-order valence-electron chi connectivity index (χ3n) is 4.11. The Labute approximate surface area is 121 Å². The molecule has 2 atom stereocenters. The van der Waals surface area contributed by atoms with E-state index in [4.69, 9.17) is 11.6 Å². The second-order valence-electron chi connectivity index (χ2n) is 5.20. The minimum absolute atomic E-state index is 0.00532. The van der Waals surface area contributed by atoms with Gasteiger partial charge >= 0.3 is 5.97 Å². The van der Waals surface area contributed by atoms with Crippen LogP contribution in [0.25, 0.3) is 0 Å². The second kappa shape index (κ2) is 4.98. The number of carboxylic acids is 1. The first-order chi connectivity index (χ1) is 9.59. The molecule has 0 radical (unpaired) electrons.